The maximum absolute atomic E-state index is 13.3. The van der Waals surface area contributed by atoms with E-state index < -0.39 is 0 Å². The first-order valence-corrected chi connectivity index (χ1v) is 12.5. The van der Waals surface area contributed by atoms with Crippen molar-refractivity contribution >= 4 is 24.1 Å². The fourth-order valence-electron chi connectivity index (χ4n) is 4.66. The molecule has 2 heterocycles. The van der Waals surface area contributed by atoms with Crippen molar-refractivity contribution in [3.8, 4) is 0 Å². The molecule has 0 aromatic heterocycles. The highest BCUT2D eigenvalue weighted by Gasteiger charge is 2.26. The number of nitrogens with one attached hydrogen (secondary N) is 2. The van der Waals surface area contributed by atoms with Crippen LogP contribution >= 0.6 is 0 Å². The van der Waals surface area contributed by atoms with Crippen molar-refractivity contribution in [3.63, 3.8) is 0 Å². The molecule has 2 fully saturated rings. The van der Waals surface area contributed by atoms with E-state index in [2.05, 4.69) is 16.7 Å². The van der Waals surface area contributed by atoms with Gasteiger partial charge in [-0.25, -0.2) is 0 Å². The highest BCUT2D eigenvalue weighted by molar-refractivity contribution is 5.96. The molecule has 10 heteroatoms. The van der Waals surface area contributed by atoms with Crippen molar-refractivity contribution in [1.29, 1.82) is 10.8 Å². The van der Waals surface area contributed by atoms with Gasteiger partial charge in [0.2, 0.25) is 0 Å². The van der Waals surface area contributed by atoms with Gasteiger partial charge >= 0.3 is 0 Å². The molecule has 2 amide bonds. The van der Waals surface area contributed by atoms with Gasteiger partial charge in [-0.1, -0.05) is 29.3 Å². The van der Waals surface area contributed by atoms with Crippen LogP contribution in [0.5, 0.6) is 0 Å². The molecule has 198 valence electrons. The van der Waals surface area contributed by atoms with E-state index in [0.29, 0.717) is 37.3 Å². The summed E-state index contributed by atoms with van der Waals surface area (Å²) in [6.07, 6.45) is 0.750. The Labute approximate surface area is 218 Å². The first-order valence-electron chi connectivity index (χ1n) is 12.5. The predicted molar refractivity (Wildman–Crippen MR) is 146 cm³/mol. The maximum Gasteiger partial charge on any atom is 0.253 e. The molecule has 0 atom stereocenters. The number of piperazine rings is 2. The molecule has 2 aliphatic heterocycles. The molecule has 2 aromatic carbocycles. The minimum atomic E-state index is 0.0220. The third kappa shape index (κ3) is 7.53. The summed E-state index contributed by atoms with van der Waals surface area (Å²) in [6.45, 7) is 10.1. The molecule has 0 spiro atoms. The molecule has 0 bridgehead atoms. The Morgan fingerprint density at radius 3 is 1.78 bits per heavy atom. The summed E-state index contributed by atoms with van der Waals surface area (Å²) in [6, 6.07) is 13.7. The van der Waals surface area contributed by atoms with Crippen LogP contribution in [-0.2, 0) is 6.54 Å². The van der Waals surface area contributed by atoms with Crippen LogP contribution < -0.4 is 11.5 Å². The standard InChI is InChI=1S/C26H34N6O2.CH4N2/c1-19-3-5-22(6-4-19)24(33)30-11-13-31(14-12-30)25(34)23-16-20(2)15-21(17-23)18-29-7-9-32(10-8-29)26(27)28;2-1-3/h3-6,15-17H,7-14,18H2,1-2H3,(H3,27,28);1H,(H3,2,3). The van der Waals surface area contributed by atoms with Gasteiger partial charge in [-0.15, -0.1) is 0 Å². The lowest BCUT2D eigenvalue weighted by atomic mass is 10.0. The third-order valence-electron chi connectivity index (χ3n) is 6.66. The number of carbonyl (C=O) groups excluding carboxylic acids is 2. The lowest BCUT2D eigenvalue weighted by Gasteiger charge is -2.35. The summed E-state index contributed by atoms with van der Waals surface area (Å²) in [4.78, 5) is 33.9. The molecular formula is C27H38N8O2. The van der Waals surface area contributed by atoms with Gasteiger partial charge in [-0.05, 0) is 43.7 Å². The number of rotatable bonds is 4. The number of carbonyl (C=O) groups is 2. The maximum atomic E-state index is 13.3. The Hall–Kier alpha value is -3.92. The largest absolute Gasteiger partial charge is 0.390 e. The zero-order valence-electron chi connectivity index (χ0n) is 21.7. The first-order chi connectivity index (χ1) is 17.7. The predicted octanol–water partition coefficient (Wildman–Crippen LogP) is 1.46. The second kappa shape index (κ2) is 12.9. The summed E-state index contributed by atoms with van der Waals surface area (Å²) in [7, 11) is 0. The smallest absolute Gasteiger partial charge is 0.253 e. The van der Waals surface area contributed by atoms with Crippen LogP contribution in [0.2, 0.25) is 0 Å². The number of nitrogens with two attached hydrogens (primary N) is 2. The van der Waals surface area contributed by atoms with Gasteiger partial charge in [0.1, 0.15) is 0 Å². The molecule has 2 aliphatic rings. The Morgan fingerprint density at radius 2 is 1.27 bits per heavy atom. The molecule has 0 saturated carbocycles. The van der Waals surface area contributed by atoms with Crippen molar-refractivity contribution in [2.24, 2.45) is 11.5 Å². The van der Waals surface area contributed by atoms with Gasteiger partial charge in [-0.3, -0.25) is 25.3 Å². The van der Waals surface area contributed by atoms with Crippen LogP contribution in [0.15, 0.2) is 42.5 Å². The first kappa shape index (κ1) is 27.7. The van der Waals surface area contributed by atoms with E-state index in [1.54, 1.807) is 0 Å². The highest BCUT2D eigenvalue weighted by atomic mass is 16.2. The molecule has 4 rings (SSSR count). The Morgan fingerprint density at radius 1 is 0.784 bits per heavy atom. The van der Waals surface area contributed by atoms with E-state index in [9.17, 15) is 9.59 Å². The minimum absolute atomic E-state index is 0.0220. The van der Waals surface area contributed by atoms with E-state index in [0.717, 1.165) is 55.8 Å². The lowest BCUT2D eigenvalue weighted by Crippen LogP contribution is -2.50. The molecule has 2 saturated heterocycles. The van der Waals surface area contributed by atoms with E-state index >= 15 is 0 Å². The Kier molecular flexibility index (Phi) is 9.62. The highest BCUT2D eigenvalue weighted by Crippen LogP contribution is 2.17. The van der Waals surface area contributed by atoms with E-state index in [1.807, 2.05) is 64.9 Å². The molecule has 0 aliphatic carbocycles. The third-order valence-corrected chi connectivity index (χ3v) is 6.66. The van der Waals surface area contributed by atoms with Gasteiger partial charge in [0, 0.05) is 70.0 Å². The second-order valence-electron chi connectivity index (χ2n) is 9.47. The summed E-state index contributed by atoms with van der Waals surface area (Å²) in [5.74, 6) is 0.173. The second-order valence-corrected chi connectivity index (χ2v) is 9.47. The van der Waals surface area contributed by atoms with Crippen molar-refractivity contribution in [3.05, 3.63) is 70.3 Å². The summed E-state index contributed by atoms with van der Waals surface area (Å²) >= 11 is 0. The van der Waals surface area contributed by atoms with Gasteiger partial charge in [0.05, 0.1) is 6.34 Å². The number of aryl methyl sites for hydroxylation is 2. The molecular weight excluding hydrogens is 468 g/mol. The number of guanidine groups is 1. The summed E-state index contributed by atoms with van der Waals surface area (Å²) < 4.78 is 0. The van der Waals surface area contributed by atoms with Crippen LogP contribution in [-0.4, -0.2) is 96.1 Å². The molecule has 0 unspecified atom stereocenters. The summed E-state index contributed by atoms with van der Waals surface area (Å²) in [5, 5.41) is 13.4. The normalized spacial score (nSPS) is 16.0. The minimum Gasteiger partial charge on any atom is -0.390 e. The Bertz CT molecular complexity index is 1100. The fraction of sp³-hybridized carbons (Fsp3) is 0.407. The molecule has 6 N–H and O–H groups in total. The molecule has 37 heavy (non-hydrogen) atoms. The average Bonchev–Trinajstić information content (AvgIpc) is 2.89. The molecule has 0 radical (unpaired) electrons. The van der Waals surface area contributed by atoms with Gasteiger partial charge in [0.25, 0.3) is 11.8 Å². The summed E-state index contributed by atoms with van der Waals surface area (Å²) in [5.41, 5.74) is 14.7. The van der Waals surface area contributed by atoms with Crippen LogP contribution in [0.4, 0.5) is 0 Å². The van der Waals surface area contributed by atoms with Crippen molar-refractivity contribution in [2.45, 2.75) is 20.4 Å². The average molecular weight is 507 g/mol. The topological polar surface area (TPSA) is 147 Å². The SMILES string of the molecule is Cc1ccc(C(=O)N2CCN(C(=O)c3cc(C)cc(CN4CCN(C(=N)N)CC4)c3)CC2)cc1.N=CN. The number of hydrogen-bond acceptors (Lipinski definition) is 5. The van der Waals surface area contributed by atoms with Crippen LogP contribution in [0.3, 0.4) is 0 Å². The monoisotopic (exact) mass is 506 g/mol. The quantitative estimate of drug-likeness (QED) is 0.365. The zero-order valence-corrected chi connectivity index (χ0v) is 21.7. The molecule has 10 nitrogen and oxygen atoms in total. The Balaban J connectivity index is 0.00000121. The van der Waals surface area contributed by atoms with Crippen LogP contribution in [0.1, 0.15) is 37.4 Å². The van der Waals surface area contributed by atoms with E-state index in [1.165, 1.54) is 0 Å². The van der Waals surface area contributed by atoms with Crippen molar-refractivity contribution < 1.29 is 9.59 Å². The zero-order chi connectivity index (χ0) is 26.9. The van der Waals surface area contributed by atoms with Gasteiger partial charge < -0.3 is 26.2 Å². The molecule has 2 aromatic rings. The van der Waals surface area contributed by atoms with Crippen LogP contribution in [0.25, 0.3) is 0 Å². The van der Waals surface area contributed by atoms with Crippen molar-refractivity contribution in [2.75, 3.05) is 52.4 Å². The van der Waals surface area contributed by atoms with Gasteiger partial charge in [-0.2, -0.15) is 0 Å². The van der Waals surface area contributed by atoms with E-state index in [4.69, 9.17) is 16.6 Å². The van der Waals surface area contributed by atoms with E-state index in [-0.39, 0.29) is 17.8 Å². The van der Waals surface area contributed by atoms with Crippen LogP contribution in [0, 0.1) is 24.7 Å². The number of nitrogens with zero attached hydrogens (tertiary/aromatic N) is 4. The van der Waals surface area contributed by atoms with Crippen molar-refractivity contribution in [1.82, 2.24) is 19.6 Å². The van der Waals surface area contributed by atoms with Gasteiger partial charge in [0.15, 0.2) is 5.96 Å². The number of hydrogen-bond donors (Lipinski definition) is 4. The number of amides is 2. The number of benzene rings is 2. The fourth-order valence-corrected chi connectivity index (χ4v) is 4.66. The lowest BCUT2D eigenvalue weighted by molar-refractivity contribution is 0.0535.